The largest absolute Gasteiger partial charge is 0.382 e. The highest BCUT2D eigenvalue weighted by atomic mass is 16.5. The highest BCUT2D eigenvalue weighted by Crippen LogP contribution is 2.27. The summed E-state index contributed by atoms with van der Waals surface area (Å²) < 4.78 is 7.81. The fraction of sp³-hybridized carbons (Fsp3) is 0.667. The lowest BCUT2D eigenvalue weighted by Crippen LogP contribution is -2.19. The summed E-state index contributed by atoms with van der Waals surface area (Å²) >= 11 is 0. The fourth-order valence-electron chi connectivity index (χ4n) is 2.88. The van der Waals surface area contributed by atoms with Gasteiger partial charge in [-0.05, 0) is 32.6 Å². The SMILES string of the molecule is CCCC(C)Nc1nc(N)c2ncn(C3CCCCO3)c2n1. The lowest BCUT2D eigenvalue weighted by atomic mass is 10.2. The molecule has 2 unspecified atom stereocenters. The van der Waals surface area contributed by atoms with Gasteiger partial charge in [0.2, 0.25) is 5.95 Å². The number of aromatic nitrogens is 4. The molecule has 120 valence electrons. The van der Waals surface area contributed by atoms with Gasteiger partial charge >= 0.3 is 0 Å². The van der Waals surface area contributed by atoms with Crippen molar-refractivity contribution in [2.24, 2.45) is 0 Å². The maximum Gasteiger partial charge on any atom is 0.226 e. The van der Waals surface area contributed by atoms with Gasteiger partial charge in [-0.15, -0.1) is 0 Å². The first-order chi connectivity index (χ1) is 10.7. The lowest BCUT2D eigenvalue weighted by molar-refractivity contribution is -0.0298. The molecule has 1 fully saturated rings. The van der Waals surface area contributed by atoms with Crippen molar-refractivity contribution in [2.75, 3.05) is 17.7 Å². The number of fused-ring (bicyclic) bond motifs is 1. The zero-order chi connectivity index (χ0) is 15.5. The zero-order valence-electron chi connectivity index (χ0n) is 13.2. The number of nitrogens with two attached hydrogens (primary N) is 1. The van der Waals surface area contributed by atoms with E-state index in [1.165, 1.54) is 0 Å². The van der Waals surface area contributed by atoms with E-state index >= 15 is 0 Å². The van der Waals surface area contributed by atoms with E-state index in [1.54, 1.807) is 6.33 Å². The molecule has 1 aliphatic heterocycles. The van der Waals surface area contributed by atoms with Crippen LogP contribution in [0.15, 0.2) is 6.33 Å². The van der Waals surface area contributed by atoms with Crippen LogP contribution in [0, 0.1) is 0 Å². The van der Waals surface area contributed by atoms with Crippen molar-refractivity contribution in [3.8, 4) is 0 Å². The number of imidazole rings is 1. The molecule has 0 aliphatic carbocycles. The van der Waals surface area contributed by atoms with E-state index < -0.39 is 0 Å². The third kappa shape index (κ3) is 2.99. The van der Waals surface area contributed by atoms with Gasteiger partial charge in [0.25, 0.3) is 0 Å². The van der Waals surface area contributed by atoms with E-state index in [0.717, 1.165) is 44.4 Å². The molecule has 0 spiro atoms. The monoisotopic (exact) mass is 304 g/mol. The van der Waals surface area contributed by atoms with Crippen LogP contribution >= 0.6 is 0 Å². The maximum absolute atomic E-state index is 6.04. The first kappa shape index (κ1) is 15.0. The standard InChI is InChI=1S/C15H24N6O/c1-3-6-10(2)18-15-19-13(16)12-14(20-15)21(9-17-12)11-7-4-5-8-22-11/h9-11H,3-8H2,1-2H3,(H3,16,18,19,20). The van der Waals surface area contributed by atoms with Gasteiger partial charge in [-0.3, -0.25) is 4.57 Å². The number of ether oxygens (including phenoxy) is 1. The Morgan fingerprint density at radius 2 is 2.32 bits per heavy atom. The van der Waals surface area contributed by atoms with Crippen LogP contribution in [0.4, 0.5) is 11.8 Å². The molecule has 22 heavy (non-hydrogen) atoms. The van der Waals surface area contributed by atoms with Crippen molar-refractivity contribution in [3.63, 3.8) is 0 Å². The van der Waals surface area contributed by atoms with Gasteiger partial charge in [0, 0.05) is 12.6 Å². The summed E-state index contributed by atoms with van der Waals surface area (Å²) in [4.78, 5) is 13.3. The summed E-state index contributed by atoms with van der Waals surface area (Å²) in [7, 11) is 0. The summed E-state index contributed by atoms with van der Waals surface area (Å²) in [5.74, 6) is 0.967. The molecule has 0 saturated carbocycles. The average molecular weight is 304 g/mol. The second kappa shape index (κ2) is 6.48. The predicted octanol–water partition coefficient (Wildman–Crippen LogP) is 2.71. The van der Waals surface area contributed by atoms with E-state index in [9.17, 15) is 0 Å². The minimum atomic E-state index is -0.00559. The number of nitrogens with one attached hydrogen (secondary N) is 1. The molecule has 3 N–H and O–H groups in total. The second-order valence-electron chi connectivity index (χ2n) is 5.91. The molecule has 7 nitrogen and oxygen atoms in total. The number of nitrogens with zero attached hydrogens (tertiary/aromatic N) is 4. The molecule has 2 aromatic heterocycles. The smallest absolute Gasteiger partial charge is 0.226 e. The summed E-state index contributed by atoms with van der Waals surface area (Å²) in [6.45, 7) is 5.06. The van der Waals surface area contributed by atoms with Crippen LogP contribution in [0.2, 0.25) is 0 Å². The zero-order valence-corrected chi connectivity index (χ0v) is 13.2. The Balaban J connectivity index is 1.92. The van der Waals surface area contributed by atoms with Gasteiger partial charge in [0.05, 0.1) is 6.33 Å². The topological polar surface area (TPSA) is 90.9 Å². The summed E-state index contributed by atoms with van der Waals surface area (Å²) in [5.41, 5.74) is 7.42. The van der Waals surface area contributed by atoms with Gasteiger partial charge in [-0.25, -0.2) is 4.98 Å². The molecule has 0 bridgehead atoms. The van der Waals surface area contributed by atoms with E-state index in [4.69, 9.17) is 10.5 Å². The third-order valence-electron chi connectivity index (χ3n) is 4.01. The van der Waals surface area contributed by atoms with E-state index in [0.29, 0.717) is 23.3 Å². The Labute approximate surface area is 130 Å². The maximum atomic E-state index is 6.04. The molecule has 2 atom stereocenters. The van der Waals surface area contributed by atoms with Crippen molar-refractivity contribution in [3.05, 3.63) is 6.33 Å². The Bertz CT molecular complexity index is 634. The van der Waals surface area contributed by atoms with Gasteiger partial charge in [-0.1, -0.05) is 13.3 Å². The quantitative estimate of drug-likeness (QED) is 0.882. The lowest BCUT2D eigenvalue weighted by Gasteiger charge is -2.24. The van der Waals surface area contributed by atoms with Crippen LogP contribution in [0.25, 0.3) is 11.2 Å². The van der Waals surface area contributed by atoms with Crippen LogP contribution in [-0.4, -0.2) is 32.2 Å². The number of anilines is 2. The highest BCUT2D eigenvalue weighted by Gasteiger charge is 2.20. The number of hydrogen-bond acceptors (Lipinski definition) is 6. The number of hydrogen-bond donors (Lipinski definition) is 2. The van der Waals surface area contributed by atoms with Gasteiger partial charge in [0.15, 0.2) is 11.5 Å². The van der Waals surface area contributed by atoms with Gasteiger partial charge in [0.1, 0.15) is 11.7 Å². The van der Waals surface area contributed by atoms with Crippen molar-refractivity contribution in [1.82, 2.24) is 19.5 Å². The Hall–Kier alpha value is -1.89. The molecule has 0 amide bonds. The van der Waals surface area contributed by atoms with Crippen LogP contribution in [0.5, 0.6) is 0 Å². The fourth-order valence-corrected chi connectivity index (χ4v) is 2.88. The number of nitrogen functional groups attached to an aromatic ring is 1. The Kier molecular flexibility index (Phi) is 4.42. The van der Waals surface area contributed by atoms with Gasteiger partial charge < -0.3 is 15.8 Å². The van der Waals surface area contributed by atoms with Crippen molar-refractivity contribution in [2.45, 2.75) is 58.2 Å². The second-order valence-corrected chi connectivity index (χ2v) is 5.91. The molecule has 1 aliphatic rings. The van der Waals surface area contributed by atoms with Crippen LogP contribution in [0.3, 0.4) is 0 Å². The highest BCUT2D eigenvalue weighted by molar-refractivity contribution is 5.82. The van der Waals surface area contributed by atoms with Crippen molar-refractivity contribution in [1.29, 1.82) is 0 Å². The van der Waals surface area contributed by atoms with Crippen molar-refractivity contribution < 1.29 is 4.74 Å². The molecular weight excluding hydrogens is 280 g/mol. The molecule has 2 aromatic rings. The third-order valence-corrected chi connectivity index (χ3v) is 4.01. The summed E-state index contributed by atoms with van der Waals surface area (Å²) in [5, 5.41) is 3.31. The van der Waals surface area contributed by atoms with Crippen LogP contribution in [-0.2, 0) is 4.74 Å². The molecule has 7 heteroatoms. The average Bonchev–Trinajstić information content (AvgIpc) is 2.92. The minimum Gasteiger partial charge on any atom is -0.382 e. The van der Waals surface area contributed by atoms with Crippen molar-refractivity contribution >= 4 is 22.9 Å². The molecular formula is C15H24N6O. The molecule has 3 rings (SSSR count). The molecule has 3 heterocycles. The Morgan fingerprint density at radius 1 is 1.45 bits per heavy atom. The number of rotatable bonds is 5. The van der Waals surface area contributed by atoms with E-state index in [2.05, 4.69) is 34.1 Å². The molecule has 1 saturated heterocycles. The van der Waals surface area contributed by atoms with E-state index in [1.807, 2.05) is 4.57 Å². The van der Waals surface area contributed by atoms with E-state index in [-0.39, 0.29) is 6.23 Å². The molecule has 0 radical (unpaired) electrons. The summed E-state index contributed by atoms with van der Waals surface area (Å²) in [6.07, 6.45) is 7.17. The first-order valence-electron chi connectivity index (χ1n) is 8.07. The molecule has 0 aromatic carbocycles. The Morgan fingerprint density at radius 3 is 3.05 bits per heavy atom. The van der Waals surface area contributed by atoms with Crippen LogP contribution < -0.4 is 11.1 Å². The first-order valence-corrected chi connectivity index (χ1v) is 8.07. The minimum absolute atomic E-state index is 0.00559. The normalized spacial score (nSPS) is 20.2. The van der Waals surface area contributed by atoms with Gasteiger partial charge in [-0.2, -0.15) is 9.97 Å². The van der Waals surface area contributed by atoms with Crippen LogP contribution in [0.1, 0.15) is 52.2 Å². The predicted molar refractivity (Wildman–Crippen MR) is 86.6 cm³/mol. The summed E-state index contributed by atoms with van der Waals surface area (Å²) in [6, 6.07) is 0.309.